The minimum Gasteiger partial charge on any atom is -0.378 e. The van der Waals surface area contributed by atoms with Gasteiger partial charge in [-0.1, -0.05) is 12.1 Å². The van der Waals surface area contributed by atoms with Gasteiger partial charge in [-0.3, -0.25) is 10.00 Å². The van der Waals surface area contributed by atoms with Crippen LogP contribution in [-0.4, -0.2) is 109 Å². The number of nitrogens with one attached hydrogen (secondary N) is 1. The first-order valence-corrected chi connectivity index (χ1v) is 16.9. The molecule has 3 aromatic heterocycles. The number of thiophene rings is 1. The highest BCUT2D eigenvalue weighted by Gasteiger charge is 2.25. The maximum Gasteiger partial charge on any atom is 0.162 e. The van der Waals surface area contributed by atoms with Gasteiger partial charge in [-0.05, 0) is 45.0 Å². The van der Waals surface area contributed by atoms with Crippen molar-refractivity contribution in [3.63, 3.8) is 0 Å². The number of ether oxygens (including phenoxy) is 1. The summed E-state index contributed by atoms with van der Waals surface area (Å²) < 4.78 is 29.7. The Labute approximate surface area is 239 Å². The predicted octanol–water partition coefficient (Wildman–Crippen LogP) is 3.40. The molecule has 0 radical (unpaired) electrons. The van der Waals surface area contributed by atoms with Crippen molar-refractivity contribution in [2.75, 3.05) is 69.9 Å². The van der Waals surface area contributed by atoms with Crippen LogP contribution in [0.3, 0.4) is 0 Å². The minimum atomic E-state index is -2.90. The molecular formula is C28H37N7O3S2. The minimum absolute atomic E-state index is 0.260. The van der Waals surface area contributed by atoms with Gasteiger partial charge in [-0.25, -0.2) is 18.4 Å². The van der Waals surface area contributed by atoms with Crippen LogP contribution in [0.15, 0.2) is 30.5 Å². The number of sulfone groups is 1. The van der Waals surface area contributed by atoms with Gasteiger partial charge in [0, 0.05) is 60.8 Å². The van der Waals surface area contributed by atoms with Crippen LogP contribution >= 0.6 is 11.3 Å². The van der Waals surface area contributed by atoms with Gasteiger partial charge in [0.25, 0.3) is 0 Å². The van der Waals surface area contributed by atoms with Gasteiger partial charge in [0.1, 0.15) is 9.84 Å². The molecule has 214 valence electrons. The van der Waals surface area contributed by atoms with E-state index >= 15 is 0 Å². The average Bonchev–Trinajstić information content (AvgIpc) is 3.59. The number of hydrogen-bond acceptors (Lipinski definition) is 10. The molecule has 5 heterocycles. The highest BCUT2D eigenvalue weighted by Crippen LogP contribution is 2.36. The zero-order valence-corrected chi connectivity index (χ0v) is 24.8. The molecule has 0 spiro atoms. The van der Waals surface area contributed by atoms with Crippen molar-refractivity contribution in [1.29, 1.82) is 0 Å². The Kier molecular flexibility index (Phi) is 8.04. The number of piperidine rings is 1. The van der Waals surface area contributed by atoms with E-state index in [0.717, 1.165) is 90.4 Å². The van der Waals surface area contributed by atoms with Gasteiger partial charge < -0.3 is 14.5 Å². The molecule has 12 heteroatoms. The summed E-state index contributed by atoms with van der Waals surface area (Å²) >= 11 is 1.81. The maximum atomic E-state index is 11.5. The molecule has 2 aliphatic heterocycles. The van der Waals surface area contributed by atoms with Crippen molar-refractivity contribution in [2.24, 2.45) is 0 Å². The van der Waals surface area contributed by atoms with E-state index < -0.39 is 9.84 Å². The number of fused-ring (bicyclic) bond motifs is 2. The van der Waals surface area contributed by atoms with Crippen LogP contribution < -0.4 is 4.90 Å². The van der Waals surface area contributed by atoms with Crippen molar-refractivity contribution >= 4 is 48.1 Å². The van der Waals surface area contributed by atoms with E-state index in [2.05, 4.69) is 44.1 Å². The summed E-state index contributed by atoms with van der Waals surface area (Å²) in [5.74, 6) is 1.98. The number of aromatic amines is 1. The van der Waals surface area contributed by atoms with E-state index in [1.807, 2.05) is 18.3 Å². The molecule has 1 N–H and O–H groups in total. The Balaban J connectivity index is 1.20. The molecule has 2 aliphatic rings. The number of nitrogens with zero attached hydrogens (tertiary/aromatic N) is 6. The number of likely N-dealkylation sites (tertiary alicyclic amines) is 1. The fraction of sp³-hybridized carbons (Fsp3) is 0.536. The monoisotopic (exact) mass is 583 g/mol. The van der Waals surface area contributed by atoms with E-state index in [4.69, 9.17) is 14.7 Å². The van der Waals surface area contributed by atoms with Gasteiger partial charge in [0.05, 0.1) is 40.9 Å². The highest BCUT2D eigenvalue weighted by molar-refractivity contribution is 7.90. The molecule has 6 rings (SSSR count). The number of aromatic nitrogens is 4. The summed E-state index contributed by atoms with van der Waals surface area (Å²) in [4.78, 5) is 18.7. The second-order valence-corrected chi connectivity index (χ2v) is 14.4. The number of H-pyrrole nitrogens is 1. The van der Waals surface area contributed by atoms with Gasteiger partial charge in [0.15, 0.2) is 11.6 Å². The van der Waals surface area contributed by atoms with Crippen LogP contribution in [0.5, 0.6) is 0 Å². The van der Waals surface area contributed by atoms with E-state index in [1.54, 1.807) is 11.3 Å². The average molecular weight is 584 g/mol. The Hall–Kier alpha value is -2.64. The summed E-state index contributed by atoms with van der Waals surface area (Å²) in [7, 11) is -0.771. The molecule has 0 saturated carbocycles. The Bertz CT molecular complexity index is 1570. The fourth-order valence-corrected chi connectivity index (χ4v) is 7.62. The normalized spacial score (nSPS) is 17.9. The fourth-order valence-electron chi connectivity index (χ4n) is 5.81. The van der Waals surface area contributed by atoms with E-state index in [0.29, 0.717) is 25.7 Å². The van der Waals surface area contributed by atoms with Crippen molar-refractivity contribution in [3.8, 4) is 11.4 Å². The zero-order chi connectivity index (χ0) is 27.7. The molecule has 0 amide bonds. The van der Waals surface area contributed by atoms with Crippen LogP contribution in [-0.2, 0) is 21.1 Å². The summed E-state index contributed by atoms with van der Waals surface area (Å²) in [6.45, 7) is 6.84. The molecule has 0 unspecified atom stereocenters. The third-order valence-electron chi connectivity index (χ3n) is 8.03. The Morgan fingerprint density at radius 1 is 1.15 bits per heavy atom. The third-order valence-corrected chi connectivity index (χ3v) is 10.2. The van der Waals surface area contributed by atoms with Crippen LogP contribution in [0, 0.1) is 0 Å². The lowest BCUT2D eigenvalue weighted by Crippen LogP contribution is -2.43. The van der Waals surface area contributed by atoms with Gasteiger partial charge in [-0.15, -0.1) is 11.3 Å². The number of morpholine rings is 1. The summed E-state index contributed by atoms with van der Waals surface area (Å²) in [6, 6.07) is 8.85. The lowest BCUT2D eigenvalue weighted by atomic mass is 10.0. The predicted molar refractivity (Wildman–Crippen MR) is 161 cm³/mol. The first kappa shape index (κ1) is 27.5. The molecule has 10 nitrogen and oxygen atoms in total. The quantitative estimate of drug-likeness (QED) is 0.317. The molecule has 1 aromatic carbocycles. The van der Waals surface area contributed by atoms with E-state index in [1.165, 1.54) is 11.1 Å². The molecule has 0 bridgehead atoms. The Morgan fingerprint density at radius 2 is 1.95 bits per heavy atom. The lowest BCUT2D eigenvalue weighted by molar-refractivity contribution is 0.122. The van der Waals surface area contributed by atoms with E-state index in [-0.39, 0.29) is 5.75 Å². The van der Waals surface area contributed by atoms with Crippen molar-refractivity contribution in [2.45, 2.75) is 31.8 Å². The van der Waals surface area contributed by atoms with Crippen LogP contribution in [0.1, 0.15) is 24.1 Å². The molecule has 0 aliphatic carbocycles. The van der Waals surface area contributed by atoms with Crippen LogP contribution in [0.2, 0.25) is 0 Å². The van der Waals surface area contributed by atoms with Crippen molar-refractivity contribution in [1.82, 2.24) is 30.0 Å². The SMILES string of the molecule is CN(CCCS(C)(=O)=O)C1CCN(Cc2cc3nc(-c4cccc5[nH]ncc45)nc(N4CCOCC4)c3s2)CC1. The molecular weight excluding hydrogens is 546 g/mol. The number of anilines is 1. The molecule has 2 fully saturated rings. The van der Waals surface area contributed by atoms with Crippen LogP contribution in [0.25, 0.3) is 32.5 Å². The highest BCUT2D eigenvalue weighted by atomic mass is 32.2. The number of hydrogen-bond donors (Lipinski definition) is 1. The summed E-state index contributed by atoms with van der Waals surface area (Å²) in [5, 5.41) is 8.31. The lowest BCUT2D eigenvalue weighted by Gasteiger charge is -2.36. The molecule has 0 atom stereocenters. The van der Waals surface area contributed by atoms with Crippen molar-refractivity contribution in [3.05, 3.63) is 35.3 Å². The van der Waals surface area contributed by atoms with Crippen LogP contribution in [0.4, 0.5) is 5.82 Å². The molecule has 40 heavy (non-hydrogen) atoms. The van der Waals surface area contributed by atoms with Gasteiger partial charge in [0.2, 0.25) is 0 Å². The van der Waals surface area contributed by atoms with Gasteiger partial charge >= 0.3 is 0 Å². The second-order valence-electron chi connectivity index (χ2n) is 11.0. The first-order chi connectivity index (χ1) is 19.3. The van der Waals surface area contributed by atoms with Crippen molar-refractivity contribution < 1.29 is 13.2 Å². The van der Waals surface area contributed by atoms with E-state index in [9.17, 15) is 8.42 Å². The standard InChI is InChI=1S/C28H37N7O3S2/c1-33(9-4-16-40(2,36)37)20-7-10-34(11-8-20)19-21-17-25-26(39-21)28(35-12-14-38-15-13-35)31-27(30-25)22-5-3-6-24-23(22)18-29-32-24/h3,5-6,17-18,20H,4,7-16,19H2,1-2H3,(H,29,32). The number of benzene rings is 1. The summed E-state index contributed by atoms with van der Waals surface area (Å²) in [5.41, 5.74) is 2.95. The molecule has 4 aromatic rings. The molecule has 2 saturated heterocycles. The topological polar surface area (TPSA) is 108 Å². The Morgan fingerprint density at radius 3 is 2.73 bits per heavy atom. The maximum absolute atomic E-state index is 11.5. The van der Waals surface area contributed by atoms with Gasteiger partial charge in [-0.2, -0.15) is 5.10 Å². The first-order valence-electron chi connectivity index (χ1n) is 14.0. The smallest absolute Gasteiger partial charge is 0.162 e. The third kappa shape index (κ3) is 6.15. The largest absolute Gasteiger partial charge is 0.378 e. The zero-order valence-electron chi connectivity index (χ0n) is 23.2. The second kappa shape index (κ2) is 11.7. The number of rotatable bonds is 9. The summed E-state index contributed by atoms with van der Waals surface area (Å²) in [6.07, 6.45) is 6.05.